The van der Waals surface area contributed by atoms with E-state index in [2.05, 4.69) is 5.32 Å². The third-order valence-electron chi connectivity index (χ3n) is 7.60. The Morgan fingerprint density at radius 2 is 1.77 bits per heavy atom. The van der Waals surface area contributed by atoms with Crippen LogP contribution in [0.2, 0.25) is 0 Å². The van der Waals surface area contributed by atoms with Gasteiger partial charge in [-0.15, -0.1) is 0 Å². The first-order chi connectivity index (χ1) is 17.0. The van der Waals surface area contributed by atoms with E-state index in [4.69, 9.17) is 4.74 Å². The molecule has 0 unspecified atom stereocenters. The van der Waals surface area contributed by atoms with Crippen molar-refractivity contribution in [2.45, 2.75) is 24.4 Å². The molecule has 174 valence electrons. The third-order valence-corrected chi connectivity index (χ3v) is 7.60. The highest BCUT2D eigenvalue weighted by atomic mass is 16.5. The van der Waals surface area contributed by atoms with Gasteiger partial charge < -0.3 is 15.0 Å². The highest BCUT2D eigenvalue weighted by Crippen LogP contribution is 2.57. The quantitative estimate of drug-likeness (QED) is 0.584. The summed E-state index contributed by atoms with van der Waals surface area (Å²) in [7, 11) is 1.54. The van der Waals surface area contributed by atoms with Gasteiger partial charge in [0.2, 0.25) is 5.91 Å². The SMILES string of the molecule is COc1cccc(C(=O)[C@H]2[C@H](C(C)=O)N3c4ccccc4C=C[C@@H]3[C@]23C(=O)Nc2ccccc23)c1. The number of ketones is 2. The molecule has 3 aromatic carbocycles. The highest BCUT2D eigenvalue weighted by molar-refractivity contribution is 6.16. The fraction of sp³-hybridized carbons (Fsp3) is 0.207. The first-order valence-corrected chi connectivity index (χ1v) is 11.6. The van der Waals surface area contributed by atoms with E-state index in [1.165, 1.54) is 6.92 Å². The summed E-state index contributed by atoms with van der Waals surface area (Å²) in [5.41, 5.74) is 2.36. The van der Waals surface area contributed by atoms with E-state index < -0.39 is 23.4 Å². The number of carbonyl (C=O) groups is 3. The number of nitrogens with one attached hydrogen (secondary N) is 1. The van der Waals surface area contributed by atoms with Gasteiger partial charge in [-0.25, -0.2) is 0 Å². The molecule has 6 heteroatoms. The third kappa shape index (κ3) is 2.80. The van der Waals surface area contributed by atoms with Gasteiger partial charge >= 0.3 is 0 Å². The van der Waals surface area contributed by atoms with Crippen LogP contribution in [0.3, 0.4) is 0 Å². The molecule has 35 heavy (non-hydrogen) atoms. The molecule has 0 saturated carbocycles. The number of fused-ring (bicyclic) bond motifs is 6. The summed E-state index contributed by atoms with van der Waals surface area (Å²) < 4.78 is 5.36. The van der Waals surface area contributed by atoms with Gasteiger partial charge in [0, 0.05) is 16.9 Å². The van der Waals surface area contributed by atoms with E-state index in [0.717, 1.165) is 16.8 Å². The molecule has 1 N–H and O–H groups in total. The van der Waals surface area contributed by atoms with Crippen LogP contribution in [0.1, 0.15) is 28.4 Å². The van der Waals surface area contributed by atoms with Crippen molar-refractivity contribution in [3.63, 3.8) is 0 Å². The van der Waals surface area contributed by atoms with Gasteiger partial charge in [0.1, 0.15) is 11.2 Å². The summed E-state index contributed by atoms with van der Waals surface area (Å²) in [4.78, 5) is 43.7. The number of amides is 1. The Bertz CT molecular complexity index is 1430. The molecule has 1 saturated heterocycles. The first kappa shape index (κ1) is 21.4. The van der Waals surface area contributed by atoms with Gasteiger partial charge in [-0.1, -0.05) is 60.7 Å². The molecule has 1 fully saturated rings. The number of rotatable bonds is 4. The smallest absolute Gasteiger partial charge is 0.238 e. The highest BCUT2D eigenvalue weighted by Gasteiger charge is 2.69. The van der Waals surface area contributed by atoms with Gasteiger partial charge in [-0.05, 0) is 42.3 Å². The number of anilines is 2. The average molecular weight is 465 g/mol. The minimum Gasteiger partial charge on any atom is -0.497 e. The van der Waals surface area contributed by atoms with E-state index in [1.54, 1.807) is 31.4 Å². The molecule has 0 aliphatic carbocycles. The van der Waals surface area contributed by atoms with Crippen molar-refractivity contribution < 1.29 is 19.1 Å². The van der Waals surface area contributed by atoms with Crippen molar-refractivity contribution in [3.05, 3.63) is 95.6 Å². The van der Waals surface area contributed by atoms with E-state index in [0.29, 0.717) is 17.0 Å². The van der Waals surface area contributed by atoms with Gasteiger partial charge in [0.15, 0.2) is 11.6 Å². The second kappa shape index (κ2) is 7.67. The zero-order chi connectivity index (χ0) is 24.3. The van der Waals surface area contributed by atoms with Crippen molar-refractivity contribution in [2.24, 2.45) is 5.92 Å². The summed E-state index contributed by atoms with van der Waals surface area (Å²) >= 11 is 0. The van der Waals surface area contributed by atoms with E-state index in [1.807, 2.05) is 65.6 Å². The Morgan fingerprint density at radius 3 is 2.57 bits per heavy atom. The van der Waals surface area contributed by atoms with Gasteiger partial charge in [0.05, 0.1) is 25.1 Å². The van der Waals surface area contributed by atoms with Crippen LogP contribution in [-0.2, 0) is 15.0 Å². The maximum atomic E-state index is 14.4. The Morgan fingerprint density at radius 1 is 1.00 bits per heavy atom. The van der Waals surface area contributed by atoms with Gasteiger partial charge in [-0.3, -0.25) is 14.4 Å². The molecule has 0 aromatic heterocycles. The summed E-state index contributed by atoms with van der Waals surface area (Å²) in [6, 6.07) is 20.9. The van der Waals surface area contributed by atoms with Crippen LogP contribution in [-0.4, -0.2) is 36.7 Å². The van der Waals surface area contributed by atoms with Crippen LogP contribution in [0, 0.1) is 5.92 Å². The summed E-state index contributed by atoms with van der Waals surface area (Å²) in [5.74, 6) is -1.06. The van der Waals surface area contributed by atoms with Crippen molar-refractivity contribution in [1.29, 1.82) is 0 Å². The van der Waals surface area contributed by atoms with E-state index in [9.17, 15) is 14.4 Å². The second-order valence-corrected chi connectivity index (χ2v) is 9.27. The average Bonchev–Trinajstić information content (AvgIpc) is 3.36. The summed E-state index contributed by atoms with van der Waals surface area (Å²) in [5, 5.41) is 3.02. The van der Waals surface area contributed by atoms with Crippen LogP contribution < -0.4 is 15.0 Å². The monoisotopic (exact) mass is 464 g/mol. The minimum atomic E-state index is -1.27. The number of benzene rings is 3. The second-order valence-electron chi connectivity index (χ2n) is 9.27. The lowest BCUT2D eigenvalue weighted by Gasteiger charge is -2.37. The zero-order valence-corrected chi connectivity index (χ0v) is 19.4. The van der Waals surface area contributed by atoms with Crippen molar-refractivity contribution in [2.75, 3.05) is 17.3 Å². The van der Waals surface area contributed by atoms with Crippen molar-refractivity contribution in [3.8, 4) is 5.75 Å². The standard InChI is InChI=1S/C29H24N2O4/c1-17(32)26-25(27(33)19-9-7-10-20(16-19)35-2)29(21-11-4-5-12-22(21)30-28(29)34)24-15-14-18-8-3-6-13-23(18)31(24)26/h3-16,24-26H,1-2H3,(H,30,34)/t24-,25-,26+,29+/m1/s1. The lowest BCUT2D eigenvalue weighted by molar-refractivity contribution is -0.122. The predicted octanol–water partition coefficient (Wildman–Crippen LogP) is 4.26. The summed E-state index contributed by atoms with van der Waals surface area (Å²) in [6.45, 7) is 1.51. The van der Waals surface area contributed by atoms with Gasteiger partial charge in [-0.2, -0.15) is 0 Å². The molecule has 3 aromatic rings. The Balaban J connectivity index is 1.65. The number of ether oxygens (including phenoxy) is 1. The number of para-hydroxylation sites is 2. The molecule has 3 aliphatic heterocycles. The molecular formula is C29H24N2O4. The van der Waals surface area contributed by atoms with Crippen LogP contribution in [0.15, 0.2) is 78.9 Å². The van der Waals surface area contributed by atoms with Crippen molar-refractivity contribution in [1.82, 2.24) is 0 Å². The number of Topliss-reactive ketones (excluding diaryl/α,β-unsaturated/α-hetero) is 2. The normalized spacial score (nSPS) is 25.6. The molecular weight excluding hydrogens is 440 g/mol. The summed E-state index contributed by atoms with van der Waals surface area (Å²) in [6.07, 6.45) is 3.96. The molecule has 6 nitrogen and oxygen atoms in total. The van der Waals surface area contributed by atoms with Crippen molar-refractivity contribution >= 4 is 34.9 Å². The Kier molecular flexibility index (Phi) is 4.68. The molecule has 0 radical (unpaired) electrons. The number of carbonyl (C=O) groups excluding carboxylic acids is 3. The first-order valence-electron chi connectivity index (χ1n) is 11.6. The molecule has 0 bridgehead atoms. The van der Waals surface area contributed by atoms with Crippen LogP contribution in [0.25, 0.3) is 6.08 Å². The lowest BCUT2D eigenvalue weighted by atomic mass is 9.64. The lowest BCUT2D eigenvalue weighted by Crippen LogP contribution is -2.51. The maximum absolute atomic E-state index is 14.4. The van der Waals surface area contributed by atoms with Crippen LogP contribution >= 0.6 is 0 Å². The fourth-order valence-corrected chi connectivity index (χ4v) is 6.23. The molecule has 1 amide bonds. The topological polar surface area (TPSA) is 75.7 Å². The molecule has 1 spiro atoms. The predicted molar refractivity (Wildman–Crippen MR) is 134 cm³/mol. The zero-order valence-electron chi connectivity index (χ0n) is 19.4. The minimum absolute atomic E-state index is 0.157. The number of methoxy groups -OCH3 is 1. The van der Waals surface area contributed by atoms with E-state index >= 15 is 0 Å². The van der Waals surface area contributed by atoms with Crippen LogP contribution in [0.5, 0.6) is 5.75 Å². The largest absolute Gasteiger partial charge is 0.497 e. The Hall–Kier alpha value is -4.19. The molecule has 3 aliphatic rings. The molecule has 4 atom stereocenters. The molecule has 6 rings (SSSR count). The van der Waals surface area contributed by atoms with Crippen LogP contribution in [0.4, 0.5) is 11.4 Å². The Labute approximate surface area is 203 Å². The number of nitrogens with zero attached hydrogens (tertiary/aromatic N) is 1. The number of hydrogen-bond acceptors (Lipinski definition) is 5. The number of hydrogen-bond donors (Lipinski definition) is 1. The maximum Gasteiger partial charge on any atom is 0.238 e. The van der Waals surface area contributed by atoms with E-state index in [-0.39, 0.29) is 17.5 Å². The fourth-order valence-electron chi connectivity index (χ4n) is 6.23. The molecule has 3 heterocycles. The van der Waals surface area contributed by atoms with Gasteiger partial charge in [0.25, 0.3) is 0 Å².